The van der Waals surface area contributed by atoms with Gasteiger partial charge in [-0.25, -0.2) is 4.39 Å². The molecule has 0 unspecified atom stereocenters. The second kappa shape index (κ2) is 3.88. The maximum absolute atomic E-state index is 13.4. The van der Waals surface area contributed by atoms with E-state index in [1.807, 2.05) is 6.07 Å². The average molecular weight is 235 g/mol. The third-order valence-electron chi connectivity index (χ3n) is 3.92. The highest BCUT2D eigenvalue weighted by atomic mass is 19.1. The fraction of sp³-hybridized carbons (Fsp3) is 0.538. The zero-order valence-electron chi connectivity index (χ0n) is 9.88. The molecule has 2 aliphatic rings. The van der Waals surface area contributed by atoms with Gasteiger partial charge in [0.2, 0.25) is 0 Å². The van der Waals surface area contributed by atoms with E-state index in [0.717, 1.165) is 30.8 Å². The Balaban J connectivity index is 2.02. The molecule has 4 heteroatoms. The summed E-state index contributed by atoms with van der Waals surface area (Å²) in [6.07, 6.45) is 4.68. The number of nitrogens with one attached hydrogen (secondary N) is 1. The Morgan fingerprint density at radius 3 is 2.82 bits per heavy atom. The van der Waals surface area contributed by atoms with E-state index in [-0.39, 0.29) is 11.5 Å². The van der Waals surface area contributed by atoms with Gasteiger partial charge in [-0.1, -0.05) is 0 Å². The molecule has 0 bridgehead atoms. The van der Waals surface area contributed by atoms with Crippen molar-refractivity contribution >= 4 is 11.4 Å². The summed E-state index contributed by atoms with van der Waals surface area (Å²) in [7, 11) is 0. The number of hydrogen-bond donors (Lipinski definition) is 2. The highest BCUT2D eigenvalue weighted by molar-refractivity contribution is 5.78. The van der Waals surface area contributed by atoms with Crippen molar-refractivity contribution in [3.05, 3.63) is 24.0 Å². The minimum Gasteiger partial charge on any atom is -0.361 e. The molecule has 1 spiro atoms. The summed E-state index contributed by atoms with van der Waals surface area (Å²) in [5.74, 6) is -0.178. The van der Waals surface area contributed by atoms with E-state index in [4.69, 9.17) is 5.73 Å². The van der Waals surface area contributed by atoms with Gasteiger partial charge in [-0.15, -0.1) is 0 Å². The molecule has 1 aliphatic heterocycles. The zero-order valence-corrected chi connectivity index (χ0v) is 9.88. The number of nitrogens with zero attached hydrogens (tertiary/aromatic N) is 1. The van der Waals surface area contributed by atoms with Crippen LogP contribution in [0.2, 0.25) is 0 Å². The Hall–Kier alpha value is -1.29. The first kappa shape index (κ1) is 10.8. The quantitative estimate of drug-likeness (QED) is 0.826. The third kappa shape index (κ3) is 1.59. The summed E-state index contributed by atoms with van der Waals surface area (Å²) >= 11 is 0. The van der Waals surface area contributed by atoms with Gasteiger partial charge in [-0.2, -0.15) is 0 Å². The summed E-state index contributed by atoms with van der Waals surface area (Å²) in [5, 5.41) is 3.58. The lowest BCUT2D eigenvalue weighted by Crippen LogP contribution is -2.50. The molecule has 1 heterocycles. The molecule has 1 aromatic rings. The summed E-state index contributed by atoms with van der Waals surface area (Å²) in [6, 6.07) is 4.97. The minimum atomic E-state index is -0.178. The molecule has 1 aliphatic carbocycles. The van der Waals surface area contributed by atoms with Crippen molar-refractivity contribution in [2.45, 2.75) is 31.3 Å². The Bertz CT molecular complexity index is 427. The average Bonchev–Trinajstić information content (AvgIpc) is 2.88. The van der Waals surface area contributed by atoms with Gasteiger partial charge < -0.3 is 16.0 Å². The number of benzene rings is 1. The van der Waals surface area contributed by atoms with Gasteiger partial charge in [0.25, 0.3) is 0 Å². The standard InChI is InChI=1S/C13H18FN3/c14-10-3-4-11-12(9-10)17(8-7-15)13(16-11)5-1-2-6-13/h3-4,9,16H,1-2,5-8,15H2. The fourth-order valence-corrected chi connectivity index (χ4v) is 3.20. The molecule has 0 saturated heterocycles. The Morgan fingerprint density at radius 2 is 2.12 bits per heavy atom. The molecule has 0 amide bonds. The molecule has 0 radical (unpaired) electrons. The van der Waals surface area contributed by atoms with E-state index in [2.05, 4.69) is 10.2 Å². The van der Waals surface area contributed by atoms with Crippen molar-refractivity contribution in [2.75, 3.05) is 23.3 Å². The van der Waals surface area contributed by atoms with Crippen LogP contribution in [0.3, 0.4) is 0 Å². The van der Waals surface area contributed by atoms with Gasteiger partial charge in [-0.05, 0) is 43.9 Å². The van der Waals surface area contributed by atoms with E-state index >= 15 is 0 Å². The summed E-state index contributed by atoms with van der Waals surface area (Å²) in [5.41, 5.74) is 7.70. The maximum atomic E-state index is 13.4. The van der Waals surface area contributed by atoms with Gasteiger partial charge in [0.15, 0.2) is 0 Å². The number of rotatable bonds is 2. The second-order valence-electron chi connectivity index (χ2n) is 4.97. The van der Waals surface area contributed by atoms with Crippen molar-refractivity contribution in [2.24, 2.45) is 5.73 Å². The number of hydrogen-bond acceptors (Lipinski definition) is 3. The Morgan fingerprint density at radius 1 is 1.35 bits per heavy atom. The predicted molar refractivity (Wildman–Crippen MR) is 67.6 cm³/mol. The third-order valence-corrected chi connectivity index (χ3v) is 3.92. The van der Waals surface area contributed by atoms with E-state index < -0.39 is 0 Å². The van der Waals surface area contributed by atoms with Gasteiger partial charge in [-0.3, -0.25) is 0 Å². The SMILES string of the molecule is NCCN1c2cc(F)ccc2NC12CCCC2. The molecule has 1 fully saturated rings. The predicted octanol–water partition coefficient (Wildman–Crippen LogP) is 2.29. The lowest BCUT2D eigenvalue weighted by molar-refractivity contribution is 0.467. The molecular formula is C13H18FN3. The Kier molecular flexibility index (Phi) is 2.47. The molecule has 92 valence electrons. The maximum Gasteiger partial charge on any atom is 0.125 e. The first-order chi connectivity index (χ1) is 8.25. The number of fused-ring (bicyclic) bond motifs is 1. The number of anilines is 2. The topological polar surface area (TPSA) is 41.3 Å². The van der Waals surface area contributed by atoms with Crippen LogP contribution in [-0.2, 0) is 0 Å². The van der Waals surface area contributed by atoms with Crippen LogP contribution in [0.5, 0.6) is 0 Å². The van der Waals surface area contributed by atoms with E-state index in [1.165, 1.54) is 18.9 Å². The minimum absolute atomic E-state index is 0.00447. The molecule has 1 aromatic carbocycles. The van der Waals surface area contributed by atoms with E-state index in [9.17, 15) is 4.39 Å². The van der Waals surface area contributed by atoms with Crippen LogP contribution in [0.15, 0.2) is 18.2 Å². The van der Waals surface area contributed by atoms with Crippen LogP contribution >= 0.6 is 0 Å². The van der Waals surface area contributed by atoms with Crippen molar-refractivity contribution in [3.8, 4) is 0 Å². The fourth-order valence-electron chi connectivity index (χ4n) is 3.20. The van der Waals surface area contributed by atoms with Gasteiger partial charge in [0.05, 0.1) is 11.4 Å². The highest BCUT2D eigenvalue weighted by Crippen LogP contribution is 2.47. The van der Waals surface area contributed by atoms with Crippen LogP contribution in [0.1, 0.15) is 25.7 Å². The summed E-state index contributed by atoms with van der Waals surface area (Å²) in [6.45, 7) is 1.38. The molecule has 17 heavy (non-hydrogen) atoms. The van der Waals surface area contributed by atoms with Crippen molar-refractivity contribution < 1.29 is 4.39 Å². The molecule has 0 atom stereocenters. The van der Waals surface area contributed by atoms with Crippen molar-refractivity contribution in [3.63, 3.8) is 0 Å². The largest absolute Gasteiger partial charge is 0.361 e. The van der Waals surface area contributed by atoms with Crippen molar-refractivity contribution in [1.82, 2.24) is 0 Å². The first-order valence-corrected chi connectivity index (χ1v) is 6.31. The number of nitrogens with two attached hydrogens (primary N) is 1. The van der Waals surface area contributed by atoms with E-state index in [1.54, 1.807) is 6.07 Å². The first-order valence-electron chi connectivity index (χ1n) is 6.31. The van der Waals surface area contributed by atoms with E-state index in [0.29, 0.717) is 6.54 Å². The monoisotopic (exact) mass is 235 g/mol. The normalized spacial score (nSPS) is 20.7. The van der Waals surface area contributed by atoms with Crippen LogP contribution in [-0.4, -0.2) is 18.8 Å². The molecule has 3 N–H and O–H groups in total. The molecule has 1 saturated carbocycles. The second-order valence-corrected chi connectivity index (χ2v) is 4.97. The van der Waals surface area contributed by atoms with Gasteiger partial charge >= 0.3 is 0 Å². The van der Waals surface area contributed by atoms with Crippen molar-refractivity contribution in [1.29, 1.82) is 0 Å². The summed E-state index contributed by atoms with van der Waals surface area (Å²) < 4.78 is 13.4. The molecular weight excluding hydrogens is 217 g/mol. The lowest BCUT2D eigenvalue weighted by atomic mass is 10.1. The molecule has 0 aromatic heterocycles. The number of halogens is 1. The van der Waals surface area contributed by atoms with Gasteiger partial charge in [0.1, 0.15) is 11.5 Å². The van der Waals surface area contributed by atoms with Crippen LogP contribution in [0.4, 0.5) is 15.8 Å². The summed E-state index contributed by atoms with van der Waals surface area (Å²) in [4.78, 5) is 2.26. The van der Waals surface area contributed by atoms with Crippen LogP contribution in [0.25, 0.3) is 0 Å². The Labute approximate surface area is 101 Å². The van der Waals surface area contributed by atoms with Crippen LogP contribution < -0.4 is 16.0 Å². The van der Waals surface area contributed by atoms with Gasteiger partial charge in [0, 0.05) is 13.1 Å². The molecule has 3 nitrogen and oxygen atoms in total. The zero-order chi connectivity index (χ0) is 11.9. The molecule has 3 rings (SSSR count). The van der Waals surface area contributed by atoms with Crippen LogP contribution in [0, 0.1) is 5.82 Å². The lowest BCUT2D eigenvalue weighted by Gasteiger charge is -2.36. The smallest absolute Gasteiger partial charge is 0.125 e. The highest BCUT2D eigenvalue weighted by Gasteiger charge is 2.44.